The summed E-state index contributed by atoms with van der Waals surface area (Å²) in [5, 5.41) is 31.5. The van der Waals surface area contributed by atoms with Crippen LogP contribution < -0.4 is 27.4 Å². The van der Waals surface area contributed by atoms with Gasteiger partial charge in [0.05, 0.1) is 6.04 Å². The molecular weight excluding hydrogens is 680 g/mol. The van der Waals surface area contributed by atoms with E-state index in [2.05, 4.69) is 102 Å². The van der Waals surface area contributed by atoms with Gasteiger partial charge in [-0.05, 0) is 108 Å². The third-order valence-electron chi connectivity index (χ3n) is 10.7. The average molecular weight is 712 g/mol. The highest BCUT2D eigenvalue weighted by Gasteiger charge is 2.23. The molecule has 4 nitrogen and oxygen atoms in total. The third-order valence-corrected chi connectivity index (χ3v) is 10.7. The van der Waals surface area contributed by atoms with Gasteiger partial charge in [-0.2, -0.15) is 0 Å². The number of aliphatic hydroxyl groups excluding tert-OH is 1. The molecular formula is C48H32B4N2O2. The van der Waals surface area contributed by atoms with Gasteiger partial charge in [-0.1, -0.05) is 132 Å². The van der Waals surface area contributed by atoms with Crippen LogP contribution in [0.1, 0.15) is 33.9 Å². The molecule has 1 atom stereocenters. The molecule has 8 radical (unpaired) electrons. The predicted octanol–water partition coefficient (Wildman–Crippen LogP) is 7.30. The Hall–Kier alpha value is -6.70. The fourth-order valence-corrected chi connectivity index (χ4v) is 7.83. The van der Waals surface area contributed by atoms with E-state index >= 15 is 0 Å². The lowest BCUT2D eigenvalue weighted by Crippen LogP contribution is -2.37. The highest BCUT2D eigenvalue weighted by Crippen LogP contribution is 2.41. The summed E-state index contributed by atoms with van der Waals surface area (Å²) in [7, 11) is 25.4. The summed E-state index contributed by atoms with van der Waals surface area (Å²) < 4.78 is 0. The number of hydrogen-bond acceptors (Lipinski definition) is 4. The highest BCUT2D eigenvalue weighted by molar-refractivity contribution is 6.57. The van der Waals surface area contributed by atoms with Crippen molar-refractivity contribution in [3.8, 4) is 29.2 Å². The molecule has 258 valence electrons. The molecule has 0 aliphatic carbocycles. The van der Waals surface area contributed by atoms with Gasteiger partial charge in [0.1, 0.15) is 37.1 Å². The Bertz CT molecular complexity index is 2860. The number of para-hydroxylation sites is 1. The van der Waals surface area contributed by atoms with E-state index in [1.807, 2.05) is 48.5 Å². The van der Waals surface area contributed by atoms with Crippen LogP contribution in [0.2, 0.25) is 0 Å². The van der Waals surface area contributed by atoms with Gasteiger partial charge < -0.3 is 21.3 Å². The van der Waals surface area contributed by atoms with Crippen molar-refractivity contribution in [2.75, 3.05) is 11.1 Å². The Morgan fingerprint density at radius 1 is 0.679 bits per heavy atom. The first-order valence-electron chi connectivity index (χ1n) is 18.1. The zero-order valence-corrected chi connectivity index (χ0v) is 30.4. The van der Waals surface area contributed by atoms with Crippen LogP contribution in [0.4, 0.5) is 11.4 Å². The first kappa shape index (κ1) is 36.3. The van der Waals surface area contributed by atoms with Crippen molar-refractivity contribution in [2.24, 2.45) is 0 Å². The zero-order chi connectivity index (χ0) is 39.1. The number of hydrogen-bond donors (Lipinski definition) is 4. The minimum Gasteiger partial charge on any atom is -0.509 e. The summed E-state index contributed by atoms with van der Waals surface area (Å²) in [5.41, 5.74) is 13.6. The van der Waals surface area contributed by atoms with Crippen LogP contribution >= 0.6 is 0 Å². The maximum atomic E-state index is 10.9. The quantitative estimate of drug-likeness (QED) is 0.0439. The van der Waals surface area contributed by atoms with Gasteiger partial charge in [0.2, 0.25) is 0 Å². The number of aliphatic hydroxyl groups is 1. The van der Waals surface area contributed by atoms with Crippen LogP contribution in [0.5, 0.6) is 5.75 Å². The second-order valence-electron chi connectivity index (χ2n) is 13.9. The molecule has 8 aromatic rings. The first-order chi connectivity index (χ1) is 27.2. The molecule has 0 spiro atoms. The standard InChI is InChI=1S/C48H32B4N2O2/c1-2-40(55)44(50)42-38(43(49)48(56)46(52)45(42)51)26-37-32-13-5-7-15-34(32)41(35-16-8-6-14-33(35)37)28-21-23-31(24-22-28)54-47(36-17-9-10-18-39(36)53)30-20-19-27-11-3-4-12-29(27)25-30/h1,3-25,47,54-56H,26,53H2/b44-40-. The molecule has 0 amide bonds. The van der Waals surface area contributed by atoms with E-state index in [0.29, 0.717) is 11.3 Å². The van der Waals surface area contributed by atoms with Crippen molar-refractivity contribution >= 4 is 96.9 Å². The molecule has 0 saturated heterocycles. The molecule has 8 rings (SSSR count). The second-order valence-corrected chi connectivity index (χ2v) is 13.9. The van der Waals surface area contributed by atoms with E-state index < -0.39 is 5.76 Å². The molecule has 56 heavy (non-hydrogen) atoms. The Morgan fingerprint density at radius 3 is 1.91 bits per heavy atom. The molecule has 8 heteroatoms. The Kier molecular flexibility index (Phi) is 9.62. The lowest BCUT2D eigenvalue weighted by molar-refractivity contribution is 0.442. The summed E-state index contributed by atoms with van der Waals surface area (Å²) in [4.78, 5) is 0. The number of nitrogens with one attached hydrogen (secondary N) is 1. The SMILES string of the molecule is [B]/C(=C(\O)C#C)c1c([B])c([B])c(O)c([B])c1Cc1c2ccccc2c(-c2ccc(NC(c3ccc4ccccc4c3)c3ccccc3N)cc2)c2ccccc12. The van der Waals surface area contributed by atoms with Crippen LogP contribution in [0.15, 0.2) is 145 Å². The summed E-state index contributed by atoms with van der Waals surface area (Å²) in [6.07, 6.45) is 5.70. The molecule has 0 fully saturated rings. The van der Waals surface area contributed by atoms with Crippen molar-refractivity contribution in [1.29, 1.82) is 0 Å². The monoisotopic (exact) mass is 712 g/mol. The van der Waals surface area contributed by atoms with E-state index in [4.69, 9.17) is 43.5 Å². The number of anilines is 2. The molecule has 0 saturated carbocycles. The van der Waals surface area contributed by atoms with Crippen LogP contribution in [0, 0.1) is 12.3 Å². The van der Waals surface area contributed by atoms with Crippen molar-refractivity contribution in [3.63, 3.8) is 0 Å². The summed E-state index contributed by atoms with van der Waals surface area (Å²) in [6.45, 7) is 0. The predicted molar refractivity (Wildman–Crippen MR) is 238 cm³/mol. The number of fused-ring (bicyclic) bond motifs is 3. The van der Waals surface area contributed by atoms with Crippen molar-refractivity contribution in [2.45, 2.75) is 12.5 Å². The van der Waals surface area contributed by atoms with Gasteiger partial charge in [0.15, 0.2) is 5.76 Å². The fraction of sp³-hybridized carbons (Fsp3) is 0.0417. The topological polar surface area (TPSA) is 78.5 Å². The number of allylic oxidation sites excluding steroid dienone is 1. The Labute approximate surface area is 331 Å². The summed E-state index contributed by atoms with van der Waals surface area (Å²) in [6, 6.07) is 47.4. The molecule has 1 unspecified atom stereocenters. The van der Waals surface area contributed by atoms with Gasteiger partial charge >= 0.3 is 0 Å². The molecule has 0 aliphatic rings. The van der Waals surface area contributed by atoms with Gasteiger partial charge in [0, 0.05) is 16.9 Å². The van der Waals surface area contributed by atoms with E-state index in [0.717, 1.165) is 60.4 Å². The van der Waals surface area contributed by atoms with Crippen LogP contribution in [-0.2, 0) is 6.42 Å². The van der Waals surface area contributed by atoms with Crippen LogP contribution in [0.3, 0.4) is 0 Å². The number of phenols is 1. The lowest BCUT2D eigenvalue weighted by Gasteiger charge is -2.24. The van der Waals surface area contributed by atoms with E-state index in [-0.39, 0.29) is 45.6 Å². The van der Waals surface area contributed by atoms with E-state index in [1.165, 1.54) is 5.39 Å². The zero-order valence-electron chi connectivity index (χ0n) is 30.4. The number of rotatable bonds is 8. The molecule has 0 heterocycles. The van der Waals surface area contributed by atoms with Gasteiger partial charge in [0.25, 0.3) is 0 Å². The highest BCUT2D eigenvalue weighted by atomic mass is 16.3. The van der Waals surface area contributed by atoms with E-state index in [9.17, 15) is 10.2 Å². The van der Waals surface area contributed by atoms with Gasteiger partial charge in [-0.15, -0.1) is 6.42 Å². The Morgan fingerprint density at radius 2 is 1.27 bits per heavy atom. The number of benzene rings is 8. The largest absolute Gasteiger partial charge is 0.509 e. The maximum absolute atomic E-state index is 10.9. The van der Waals surface area contributed by atoms with Crippen molar-refractivity contribution in [3.05, 3.63) is 173 Å². The number of nitrogen functional groups attached to an aromatic ring is 1. The third kappa shape index (κ3) is 6.36. The minimum atomic E-state index is -0.513. The molecule has 0 bridgehead atoms. The number of nitrogens with two attached hydrogens (primary N) is 1. The fourth-order valence-electron chi connectivity index (χ4n) is 7.83. The lowest BCUT2D eigenvalue weighted by atomic mass is 9.65. The van der Waals surface area contributed by atoms with Gasteiger partial charge in [-0.3, -0.25) is 0 Å². The average Bonchev–Trinajstić information content (AvgIpc) is 3.23. The van der Waals surface area contributed by atoms with Crippen LogP contribution in [-0.4, -0.2) is 41.6 Å². The van der Waals surface area contributed by atoms with Crippen molar-refractivity contribution in [1.82, 2.24) is 0 Å². The van der Waals surface area contributed by atoms with E-state index in [1.54, 1.807) is 0 Å². The summed E-state index contributed by atoms with van der Waals surface area (Å²) in [5.74, 6) is 1.29. The minimum absolute atomic E-state index is 0.000878. The number of phenolic OH excluding ortho intramolecular Hbond substituents is 1. The summed E-state index contributed by atoms with van der Waals surface area (Å²) >= 11 is 0. The number of terminal acetylenes is 1. The molecule has 0 aromatic heterocycles. The number of aromatic hydroxyl groups is 1. The molecule has 8 aromatic carbocycles. The molecule has 5 N–H and O–H groups in total. The maximum Gasteiger partial charge on any atom is 0.160 e. The van der Waals surface area contributed by atoms with Crippen molar-refractivity contribution < 1.29 is 10.2 Å². The molecule has 0 aliphatic heterocycles. The Balaban J connectivity index is 1.25. The second kappa shape index (κ2) is 14.9. The first-order valence-corrected chi connectivity index (χ1v) is 18.1. The van der Waals surface area contributed by atoms with Crippen LogP contribution in [0.25, 0.3) is 48.9 Å². The van der Waals surface area contributed by atoms with Gasteiger partial charge in [-0.25, -0.2) is 0 Å². The smallest absolute Gasteiger partial charge is 0.160 e. The normalized spacial score (nSPS) is 12.3.